The minimum atomic E-state index is 0.788. The summed E-state index contributed by atoms with van der Waals surface area (Å²) in [6.07, 6.45) is 0. The van der Waals surface area contributed by atoms with Gasteiger partial charge >= 0.3 is 0 Å². The third-order valence-corrected chi connectivity index (χ3v) is 5.98. The molecule has 7 heteroatoms. The van der Waals surface area contributed by atoms with Crippen molar-refractivity contribution in [3.63, 3.8) is 0 Å². The van der Waals surface area contributed by atoms with Crippen LogP contribution >= 0.6 is 12.2 Å². The van der Waals surface area contributed by atoms with Gasteiger partial charge in [-0.15, -0.1) is 5.10 Å². The van der Waals surface area contributed by atoms with E-state index in [1.807, 2.05) is 28.9 Å². The monoisotopic (exact) mass is 410 g/mol. The molecule has 1 fully saturated rings. The lowest BCUT2D eigenvalue weighted by Crippen LogP contribution is -3.14. The Bertz CT molecular complexity index is 988. The Hall–Kier alpha value is -2.64. The topological polar surface area (TPSA) is 39.7 Å². The third kappa shape index (κ3) is 4.21. The molecule has 0 amide bonds. The fourth-order valence-corrected chi connectivity index (χ4v) is 4.19. The number of nitrogens with one attached hydrogen (secondary N) is 1. The molecule has 0 unspecified atom stereocenters. The van der Waals surface area contributed by atoms with Crippen LogP contribution in [0.15, 0.2) is 54.6 Å². The molecule has 4 rings (SSSR count). The first kappa shape index (κ1) is 19.7. The minimum Gasteiger partial charge on any atom is -0.497 e. The van der Waals surface area contributed by atoms with Crippen molar-refractivity contribution < 1.29 is 9.64 Å². The van der Waals surface area contributed by atoms with E-state index < -0.39 is 0 Å². The summed E-state index contributed by atoms with van der Waals surface area (Å²) in [5.41, 5.74) is 2.36. The van der Waals surface area contributed by atoms with Crippen LogP contribution in [0.2, 0.25) is 0 Å². The van der Waals surface area contributed by atoms with E-state index in [-0.39, 0.29) is 0 Å². The van der Waals surface area contributed by atoms with Crippen LogP contribution in [0.4, 0.5) is 5.69 Å². The van der Waals surface area contributed by atoms with E-state index in [4.69, 9.17) is 22.1 Å². The maximum absolute atomic E-state index is 5.74. The summed E-state index contributed by atoms with van der Waals surface area (Å²) in [5.74, 6) is 1.76. The summed E-state index contributed by atoms with van der Waals surface area (Å²) >= 11 is 5.74. The zero-order valence-electron chi connectivity index (χ0n) is 17.0. The quantitative estimate of drug-likeness (QED) is 0.634. The van der Waals surface area contributed by atoms with Crippen molar-refractivity contribution >= 4 is 17.9 Å². The zero-order chi connectivity index (χ0) is 20.2. The molecule has 1 saturated heterocycles. The smallest absolute Gasteiger partial charge is 0.203 e. The standard InChI is InChI=1S/C22H27N5OS/c1-3-26-21(18-9-11-20(28-2)12-10-18)23-27(22(26)29)17-24-13-15-25(16-14-24)19-7-5-4-6-8-19/h4-12H,3,13-17H2,1-2H3/p+1. The number of piperazine rings is 1. The Labute approximate surface area is 176 Å². The molecule has 2 heterocycles. The Morgan fingerprint density at radius 1 is 1.03 bits per heavy atom. The maximum Gasteiger partial charge on any atom is 0.203 e. The highest BCUT2D eigenvalue weighted by atomic mass is 32.1. The Kier molecular flexibility index (Phi) is 5.97. The largest absolute Gasteiger partial charge is 0.497 e. The normalized spacial score (nSPS) is 14.9. The third-order valence-electron chi connectivity index (χ3n) is 5.55. The van der Waals surface area contributed by atoms with Crippen LogP contribution in [0.3, 0.4) is 0 Å². The van der Waals surface area contributed by atoms with Crippen LogP contribution in [0.5, 0.6) is 5.75 Å². The molecule has 2 aromatic carbocycles. The van der Waals surface area contributed by atoms with Crippen LogP contribution in [-0.4, -0.2) is 47.6 Å². The molecule has 1 aliphatic heterocycles. The zero-order valence-corrected chi connectivity index (χ0v) is 17.9. The SMILES string of the molecule is CCn1c(-c2ccc(OC)cc2)nn(C[NH+]2CCN(c3ccccc3)CC2)c1=S. The predicted octanol–water partition coefficient (Wildman–Crippen LogP) is 2.47. The van der Waals surface area contributed by atoms with E-state index in [0.29, 0.717) is 0 Å². The summed E-state index contributed by atoms with van der Waals surface area (Å²) in [6.45, 7) is 7.97. The number of rotatable bonds is 6. The van der Waals surface area contributed by atoms with Gasteiger partial charge in [-0.25, -0.2) is 0 Å². The first-order chi connectivity index (χ1) is 14.2. The lowest BCUT2D eigenvalue weighted by atomic mass is 10.2. The molecule has 0 aliphatic carbocycles. The van der Waals surface area contributed by atoms with Crippen molar-refractivity contribution in [2.75, 3.05) is 38.2 Å². The van der Waals surface area contributed by atoms with Crippen molar-refractivity contribution in [3.05, 3.63) is 59.4 Å². The maximum atomic E-state index is 5.74. The van der Waals surface area contributed by atoms with Gasteiger partial charge in [0.25, 0.3) is 0 Å². The number of hydrogen-bond donors (Lipinski definition) is 1. The van der Waals surface area contributed by atoms with Crippen molar-refractivity contribution in [3.8, 4) is 17.1 Å². The molecule has 0 bridgehead atoms. The number of methoxy groups -OCH3 is 1. The Morgan fingerprint density at radius 3 is 2.34 bits per heavy atom. The fraction of sp³-hybridized carbons (Fsp3) is 0.364. The molecule has 1 aromatic heterocycles. The fourth-order valence-electron chi connectivity index (χ4n) is 3.87. The minimum absolute atomic E-state index is 0.788. The molecule has 0 spiro atoms. The van der Waals surface area contributed by atoms with E-state index >= 15 is 0 Å². The molecule has 6 nitrogen and oxygen atoms in total. The molecule has 0 saturated carbocycles. The molecule has 1 N–H and O–H groups in total. The Morgan fingerprint density at radius 2 is 1.72 bits per heavy atom. The van der Waals surface area contributed by atoms with E-state index in [2.05, 4.69) is 46.7 Å². The molecule has 3 aromatic rings. The molecule has 1 aliphatic rings. The summed E-state index contributed by atoms with van der Waals surface area (Å²) in [4.78, 5) is 3.96. The number of benzene rings is 2. The second kappa shape index (κ2) is 8.80. The number of quaternary nitrogens is 1. The van der Waals surface area contributed by atoms with Gasteiger partial charge in [-0.2, -0.15) is 4.68 Å². The average molecular weight is 411 g/mol. The lowest BCUT2D eigenvalue weighted by molar-refractivity contribution is -0.924. The van der Waals surface area contributed by atoms with Gasteiger partial charge < -0.3 is 19.1 Å². The second-order valence-corrected chi connectivity index (χ2v) is 7.67. The van der Waals surface area contributed by atoms with Crippen LogP contribution < -0.4 is 14.5 Å². The van der Waals surface area contributed by atoms with Gasteiger partial charge in [0.1, 0.15) is 5.75 Å². The molecule has 152 valence electrons. The number of ether oxygens (including phenoxy) is 1. The first-order valence-corrected chi connectivity index (χ1v) is 10.6. The second-order valence-electron chi connectivity index (χ2n) is 7.31. The van der Waals surface area contributed by atoms with E-state index in [9.17, 15) is 0 Å². The van der Waals surface area contributed by atoms with Gasteiger partial charge in [0, 0.05) is 17.8 Å². The lowest BCUT2D eigenvalue weighted by Gasteiger charge is -2.33. The number of aromatic nitrogens is 3. The van der Waals surface area contributed by atoms with Crippen LogP contribution in [0.1, 0.15) is 6.92 Å². The van der Waals surface area contributed by atoms with Crippen molar-refractivity contribution in [1.29, 1.82) is 0 Å². The van der Waals surface area contributed by atoms with Gasteiger partial charge in [-0.1, -0.05) is 18.2 Å². The van der Waals surface area contributed by atoms with Crippen LogP contribution in [0, 0.1) is 4.77 Å². The van der Waals surface area contributed by atoms with Gasteiger partial charge in [-0.3, -0.25) is 0 Å². The van der Waals surface area contributed by atoms with Crippen molar-refractivity contribution in [2.24, 2.45) is 0 Å². The molecule has 0 radical (unpaired) electrons. The summed E-state index contributed by atoms with van der Waals surface area (Å²) in [6, 6.07) is 18.7. The van der Waals surface area contributed by atoms with E-state index in [0.717, 1.165) is 61.3 Å². The molecule has 29 heavy (non-hydrogen) atoms. The number of anilines is 1. The molecule has 0 atom stereocenters. The van der Waals surface area contributed by atoms with Crippen molar-refractivity contribution in [1.82, 2.24) is 14.3 Å². The van der Waals surface area contributed by atoms with Crippen molar-refractivity contribution in [2.45, 2.75) is 20.1 Å². The van der Waals surface area contributed by atoms with Gasteiger partial charge in [0.2, 0.25) is 4.77 Å². The summed E-state index contributed by atoms with van der Waals surface area (Å²) < 4.78 is 10.2. The molecular formula is C22H28N5OS+. The highest BCUT2D eigenvalue weighted by molar-refractivity contribution is 7.71. The van der Waals surface area contributed by atoms with E-state index in [1.54, 1.807) is 7.11 Å². The van der Waals surface area contributed by atoms with Gasteiger partial charge in [-0.05, 0) is 55.5 Å². The van der Waals surface area contributed by atoms with E-state index in [1.165, 1.54) is 10.6 Å². The van der Waals surface area contributed by atoms with Crippen LogP contribution in [-0.2, 0) is 13.2 Å². The predicted molar refractivity (Wildman–Crippen MR) is 118 cm³/mol. The van der Waals surface area contributed by atoms with Crippen LogP contribution in [0.25, 0.3) is 11.4 Å². The van der Waals surface area contributed by atoms with Gasteiger partial charge in [0.15, 0.2) is 12.5 Å². The summed E-state index contributed by atoms with van der Waals surface area (Å²) in [5, 5.41) is 4.88. The highest BCUT2D eigenvalue weighted by Gasteiger charge is 2.22. The summed E-state index contributed by atoms with van der Waals surface area (Å²) in [7, 11) is 1.68. The average Bonchev–Trinajstić information content (AvgIpc) is 3.10. The van der Waals surface area contributed by atoms with Gasteiger partial charge in [0.05, 0.1) is 33.3 Å². The molecular weight excluding hydrogens is 382 g/mol. The first-order valence-electron chi connectivity index (χ1n) is 10.1. The Balaban J connectivity index is 1.48. The number of hydrogen-bond acceptors (Lipinski definition) is 4. The number of nitrogens with zero attached hydrogens (tertiary/aromatic N) is 4. The number of para-hydroxylation sites is 1. The highest BCUT2D eigenvalue weighted by Crippen LogP contribution is 2.21.